The third kappa shape index (κ3) is 20.6. The van der Waals surface area contributed by atoms with Gasteiger partial charge in [0, 0.05) is 82.5 Å². The maximum atomic E-state index is 15.5. The molecule has 5 unspecified atom stereocenters. The molecule has 598 valence electrons. The number of halogens is 6. The van der Waals surface area contributed by atoms with Crippen molar-refractivity contribution in [3.63, 3.8) is 0 Å². The molecule has 4 saturated carbocycles. The normalized spacial score (nSPS) is 32.9. The SMILES string of the molecule is CCO[C@@H]1C[C@H]2C(=O)NC3(CCC3)C(=O)N(C)[C@@H](C3CCCC3)C(=O)N(C)[C@H](C(=O)N(C)C)CC(=O)N(C)[C@@H](CC(C)C)C(=O)N[C@@H]([C@@H](C)CC)C(=O)N(C)CC(=O)N(C)[C@H]3C/C=C\CCN(C3=O)[C@@H](CC3CCC(F)CC3C)C(=O)N(C)CC(=O)N[C@@H](CCC3CC(F)C(C(F)(F)F)C(F)C3)C(=O)N2C1. The average Bonchev–Trinajstić information content (AvgIpc) is 1.32. The van der Waals surface area contributed by atoms with E-state index in [0.29, 0.717) is 44.9 Å². The Hall–Kier alpha value is -7.08. The summed E-state index contributed by atoms with van der Waals surface area (Å²) in [6.07, 6.45) is -7.51. The number of nitrogens with zero attached hydrogens (tertiary/aromatic N) is 9. The molecule has 1 spiro atoms. The summed E-state index contributed by atoms with van der Waals surface area (Å²) in [5, 5.41) is 8.52. The Kier molecular flexibility index (Phi) is 30.4. The molecule has 3 N–H and O–H groups in total. The lowest BCUT2D eigenvalue weighted by Gasteiger charge is -2.46. The van der Waals surface area contributed by atoms with Gasteiger partial charge >= 0.3 is 6.18 Å². The first-order chi connectivity index (χ1) is 49.8. The van der Waals surface area contributed by atoms with Crippen molar-refractivity contribution in [1.82, 2.24) is 60.0 Å². The van der Waals surface area contributed by atoms with Crippen LogP contribution in [0.3, 0.4) is 0 Å². The van der Waals surface area contributed by atoms with Crippen LogP contribution in [0.15, 0.2) is 12.2 Å². The number of carbonyl (C=O) groups is 12. The van der Waals surface area contributed by atoms with E-state index in [4.69, 9.17) is 4.74 Å². The third-order valence-corrected chi connectivity index (χ3v) is 23.8. The molecule has 3 aliphatic heterocycles. The van der Waals surface area contributed by atoms with E-state index in [1.54, 1.807) is 32.9 Å². The zero-order chi connectivity index (χ0) is 78.7. The van der Waals surface area contributed by atoms with Crippen molar-refractivity contribution in [2.45, 2.75) is 261 Å². The number of ether oxygens (including phenoxy) is 1. The molecule has 0 aromatic rings. The van der Waals surface area contributed by atoms with Gasteiger partial charge in [-0.3, -0.25) is 57.5 Å². The highest BCUT2D eigenvalue weighted by atomic mass is 19.4. The van der Waals surface area contributed by atoms with E-state index in [1.165, 1.54) is 80.9 Å². The van der Waals surface area contributed by atoms with Gasteiger partial charge in [0.05, 0.1) is 25.6 Å². The van der Waals surface area contributed by atoms with Crippen LogP contribution in [0.2, 0.25) is 0 Å². The molecule has 106 heavy (non-hydrogen) atoms. The van der Waals surface area contributed by atoms with Crippen LogP contribution < -0.4 is 16.0 Å². The second-order valence-corrected chi connectivity index (χ2v) is 32.0. The number of carbonyl (C=O) groups excluding carboxylic acids is 12. The molecule has 25 nitrogen and oxygen atoms in total. The molecule has 2 saturated heterocycles. The largest absolute Gasteiger partial charge is 0.397 e. The number of alkyl halides is 6. The molecule has 0 aromatic carbocycles. The van der Waals surface area contributed by atoms with Crippen molar-refractivity contribution >= 4 is 70.9 Å². The van der Waals surface area contributed by atoms with Crippen LogP contribution in [0.5, 0.6) is 0 Å². The van der Waals surface area contributed by atoms with Gasteiger partial charge in [0.15, 0.2) is 0 Å². The maximum Gasteiger partial charge on any atom is 0.397 e. The highest BCUT2D eigenvalue weighted by molar-refractivity contribution is 6.01. The topological polar surface area (TPSA) is 279 Å². The van der Waals surface area contributed by atoms with Crippen LogP contribution in [0.4, 0.5) is 26.3 Å². The molecule has 7 rings (SSSR count). The first kappa shape index (κ1) is 86.2. The van der Waals surface area contributed by atoms with Gasteiger partial charge in [-0.15, -0.1) is 0 Å². The number of likely N-dealkylation sites (N-methyl/N-ethyl adjacent to an activating group) is 7. The molecule has 4 aliphatic carbocycles. The fourth-order valence-electron chi connectivity index (χ4n) is 17.0. The Morgan fingerprint density at radius 2 is 1.32 bits per heavy atom. The molecule has 12 amide bonds. The van der Waals surface area contributed by atoms with Gasteiger partial charge in [0.2, 0.25) is 70.9 Å². The van der Waals surface area contributed by atoms with Crippen molar-refractivity contribution in [2.75, 3.05) is 89.2 Å². The number of fused-ring (bicyclic) bond motifs is 3. The lowest BCUT2D eigenvalue weighted by molar-refractivity contribution is -0.219. The summed E-state index contributed by atoms with van der Waals surface area (Å²) in [5.74, 6) is -14.7. The van der Waals surface area contributed by atoms with E-state index in [-0.39, 0.29) is 102 Å². The zero-order valence-electron chi connectivity index (χ0n) is 64.6. The lowest BCUT2D eigenvalue weighted by atomic mass is 9.74. The Bertz CT molecular complexity index is 3160. The van der Waals surface area contributed by atoms with E-state index in [2.05, 4.69) is 16.0 Å². The van der Waals surface area contributed by atoms with E-state index in [0.717, 1.165) is 19.6 Å². The Morgan fingerprint density at radius 1 is 0.679 bits per heavy atom. The van der Waals surface area contributed by atoms with Crippen LogP contribution in [-0.2, 0) is 62.3 Å². The summed E-state index contributed by atoms with van der Waals surface area (Å²) in [7, 11) is 11.1. The third-order valence-electron chi connectivity index (χ3n) is 23.8. The lowest BCUT2D eigenvalue weighted by Crippen LogP contribution is -2.68. The number of hydrogen-bond acceptors (Lipinski definition) is 13. The van der Waals surface area contributed by atoms with E-state index in [1.807, 2.05) is 20.8 Å². The van der Waals surface area contributed by atoms with Crippen molar-refractivity contribution in [3.8, 4) is 0 Å². The van der Waals surface area contributed by atoms with Gasteiger partial charge in [-0.1, -0.05) is 66.0 Å². The minimum atomic E-state index is -5.19. The average molecular weight is 1510 g/mol. The minimum absolute atomic E-state index is 0.000918. The summed E-state index contributed by atoms with van der Waals surface area (Å²) in [6, 6.07) is -10.9. The summed E-state index contributed by atoms with van der Waals surface area (Å²) >= 11 is 0. The number of rotatable bonds is 13. The molecule has 31 heteroatoms. The van der Waals surface area contributed by atoms with Crippen LogP contribution in [-0.4, -0.2) is 289 Å². The first-order valence-corrected chi connectivity index (χ1v) is 38.3. The minimum Gasteiger partial charge on any atom is -0.377 e. The Labute approximate surface area is 621 Å². The van der Waals surface area contributed by atoms with Crippen molar-refractivity contribution in [1.29, 1.82) is 0 Å². The van der Waals surface area contributed by atoms with Crippen LogP contribution >= 0.6 is 0 Å². The Morgan fingerprint density at radius 3 is 1.90 bits per heavy atom. The smallest absolute Gasteiger partial charge is 0.377 e. The van der Waals surface area contributed by atoms with E-state index < -0.39 is 218 Å². The summed E-state index contributed by atoms with van der Waals surface area (Å²) < 4.78 is 93.9. The highest BCUT2D eigenvalue weighted by Crippen LogP contribution is 2.45. The standard InChI is InChI=1S/C75H118F6N12O13/c1-15-44(5)63-71(103)87(10)42-61(96)88(11)54-25-18-17-21-32-92(70(54)102)58(37-48-27-28-49(76)34-45(48)6)69(101)86(9)41-59(94)82-53(29-26-46-35-51(77)62(52(78)36-46)75(79,80)81)67(99)93-40-50(106-16-2)38-56(93)66(98)84-74(30-22-31-74)73(105)91(14)64(47-23-19-20-24-47)72(104)90(13)57(68(100)85(7)8)39-60(95)89(12)55(33-43(3)4)65(97)83-63/h17-18,43-58,62-64H,15-16,19-42H2,1-14H3,(H,82,94)(H,83,97)(H,84,98)/b18-17-/t44-,45?,46?,48?,49?,50+,51?,52?,53-,54-,55-,56-,57-,58-,62?,63-,64-/m0/s1. The molecule has 6 fully saturated rings. The van der Waals surface area contributed by atoms with Crippen LogP contribution in [0, 0.1) is 41.4 Å². The fraction of sp³-hybridized carbons (Fsp3) is 0.813. The highest BCUT2D eigenvalue weighted by Gasteiger charge is 2.56. The molecule has 15 atom stereocenters. The van der Waals surface area contributed by atoms with Gasteiger partial charge < -0.3 is 64.8 Å². The monoisotopic (exact) mass is 1510 g/mol. The van der Waals surface area contributed by atoms with Crippen LogP contribution in [0.1, 0.15) is 176 Å². The second-order valence-electron chi connectivity index (χ2n) is 32.0. The maximum absolute atomic E-state index is 15.5. The zero-order valence-corrected chi connectivity index (χ0v) is 64.6. The fourth-order valence-corrected chi connectivity index (χ4v) is 17.0. The summed E-state index contributed by atoms with van der Waals surface area (Å²) in [6.45, 7) is 9.15. The van der Waals surface area contributed by atoms with E-state index >= 15 is 41.9 Å². The van der Waals surface area contributed by atoms with Crippen LogP contribution in [0.25, 0.3) is 0 Å². The number of amides is 12. The van der Waals surface area contributed by atoms with Crippen molar-refractivity contribution < 1.29 is 88.6 Å². The number of nitrogens with one attached hydrogen (secondary N) is 3. The quantitative estimate of drug-likeness (QED) is 0.146. The van der Waals surface area contributed by atoms with Gasteiger partial charge in [-0.25, -0.2) is 13.2 Å². The predicted molar refractivity (Wildman–Crippen MR) is 381 cm³/mol. The van der Waals surface area contributed by atoms with Crippen molar-refractivity contribution in [2.24, 2.45) is 41.4 Å². The molecular formula is C75H118F6N12O13. The molecular weight excluding hydrogens is 1390 g/mol. The molecule has 3 heterocycles. The Balaban J connectivity index is 1.32. The predicted octanol–water partition coefficient (Wildman–Crippen LogP) is 5.76. The van der Waals surface area contributed by atoms with Gasteiger partial charge in [0.25, 0.3) is 0 Å². The van der Waals surface area contributed by atoms with Crippen molar-refractivity contribution in [3.05, 3.63) is 12.2 Å². The first-order valence-electron chi connectivity index (χ1n) is 38.3. The summed E-state index contributed by atoms with van der Waals surface area (Å²) in [4.78, 5) is 192. The summed E-state index contributed by atoms with van der Waals surface area (Å²) in [5.41, 5.74) is -1.66. The number of hydrogen-bond donors (Lipinski definition) is 3. The van der Waals surface area contributed by atoms with Gasteiger partial charge in [-0.2, -0.15) is 13.2 Å². The second kappa shape index (κ2) is 37.4. The molecule has 0 aromatic heterocycles. The van der Waals surface area contributed by atoms with Gasteiger partial charge in [-0.05, 0) is 145 Å². The molecule has 7 aliphatic rings. The van der Waals surface area contributed by atoms with Gasteiger partial charge in [0.1, 0.15) is 78.3 Å². The molecule has 0 radical (unpaired) electrons. The van der Waals surface area contributed by atoms with E-state index in [9.17, 15) is 41.9 Å². The molecule has 2 bridgehead atoms.